The van der Waals surface area contributed by atoms with Gasteiger partial charge in [0.15, 0.2) is 6.10 Å². The lowest BCUT2D eigenvalue weighted by atomic mass is 9.85. The van der Waals surface area contributed by atoms with Crippen LogP contribution in [-0.2, 0) is 32.7 Å². The molecule has 0 aromatic heterocycles. The minimum Gasteiger partial charge on any atom is -0.462 e. The molecule has 6 unspecified atom stereocenters. The van der Waals surface area contributed by atoms with Crippen LogP contribution >= 0.6 is 7.82 Å². The molecule has 0 bridgehead atoms. The van der Waals surface area contributed by atoms with Crippen molar-refractivity contribution in [3.05, 3.63) is 134 Å². The van der Waals surface area contributed by atoms with Gasteiger partial charge < -0.3 is 39.9 Å². The fourth-order valence-electron chi connectivity index (χ4n) is 6.22. The number of esters is 2. The normalized spacial score (nSPS) is 22.3. The first-order valence-corrected chi connectivity index (χ1v) is 25.5. The molecule has 0 radical (unpaired) electrons. The highest BCUT2D eigenvalue weighted by atomic mass is 31.2. The quantitative estimate of drug-likeness (QED) is 0.0148. The fourth-order valence-corrected chi connectivity index (χ4v) is 7.19. The lowest BCUT2D eigenvalue weighted by molar-refractivity contribution is -0.220. The van der Waals surface area contributed by atoms with Crippen molar-refractivity contribution in [3.8, 4) is 0 Å². The second kappa shape index (κ2) is 41.0. The van der Waals surface area contributed by atoms with Gasteiger partial charge in [-0.25, -0.2) is 4.57 Å². The summed E-state index contributed by atoms with van der Waals surface area (Å²) in [5.74, 6) is -1.25. The molecule has 6 N–H and O–H groups in total. The van der Waals surface area contributed by atoms with Crippen molar-refractivity contribution in [2.75, 3.05) is 13.2 Å². The van der Waals surface area contributed by atoms with Crippen molar-refractivity contribution in [2.45, 2.75) is 172 Å². The number of rotatable bonds is 37. The number of phosphoric ester groups is 1. The highest BCUT2D eigenvalue weighted by molar-refractivity contribution is 7.47. The van der Waals surface area contributed by atoms with Crippen molar-refractivity contribution in [1.82, 2.24) is 0 Å². The fraction of sp³-hybridized carbons (Fsp3) is 0.547. The Morgan fingerprint density at radius 2 is 0.836 bits per heavy atom. The molecule has 0 aliphatic heterocycles. The molecule has 67 heavy (non-hydrogen) atoms. The zero-order valence-electron chi connectivity index (χ0n) is 39.9. The van der Waals surface area contributed by atoms with Crippen molar-refractivity contribution < 1.29 is 63.1 Å². The Kier molecular flexibility index (Phi) is 37.3. The number of aliphatic hydroxyl groups excluding tert-OH is 5. The zero-order valence-corrected chi connectivity index (χ0v) is 40.8. The van der Waals surface area contributed by atoms with E-state index < -0.39 is 75.7 Å². The van der Waals surface area contributed by atoms with Gasteiger partial charge in [0.2, 0.25) is 0 Å². The summed E-state index contributed by atoms with van der Waals surface area (Å²) in [5, 5.41) is 50.2. The topological polar surface area (TPSA) is 210 Å². The number of allylic oxidation sites excluding steroid dienone is 22. The highest BCUT2D eigenvalue weighted by Crippen LogP contribution is 2.47. The SMILES string of the molecule is CC/C=C/C/C=C/C/C=C/C/C=C/C/C=C/C/C=C/CCC(=O)O[C@@H](COC(=O)CCCCC/C=C/C/C=C/C/C=C/C/C=C/C/C=C/CC)COP(=O)(O)OC1C(O)C(O)C(O)[C@H](O)C1O. The molecular formula is C53H81O13P. The third kappa shape index (κ3) is 33.2. The minimum absolute atomic E-state index is 0.0453. The summed E-state index contributed by atoms with van der Waals surface area (Å²) < 4.78 is 33.4. The Labute approximate surface area is 400 Å². The summed E-state index contributed by atoms with van der Waals surface area (Å²) in [6.07, 6.45) is 46.5. The number of carbonyl (C=O) groups is 2. The van der Waals surface area contributed by atoms with Crippen LogP contribution in [-0.4, -0.2) is 98.3 Å². The molecule has 0 spiro atoms. The van der Waals surface area contributed by atoms with E-state index in [1.807, 2.05) is 18.2 Å². The first-order valence-electron chi connectivity index (χ1n) is 24.0. The van der Waals surface area contributed by atoms with Gasteiger partial charge in [0, 0.05) is 12.8 Å². The van der Waals surface area contributed by atoms with Gasteiger partial charge >= 0.3 is 19.8 Å². The molecular weight excluding hydrogens is 876 g/mol. The van der Waals surface area contributed by atoms with Crippen molar-refractivity contribution in [1.29, 1.82) is 0 Å². The second-order valence-corrected chi connectivity index (χ2v) is 17.2. The first-order chi connectivity index (χ1) is 32.4. The van der Waals surface area contributed by atoms with Gasteiger partial charge in [0.1, 0.15) is 43.2 Å². The van der Waals surface area contributed by atoms with E-state index >= 15 is 0 Å². The molecule has 0 aromatic rings. The molecule has 0 heterocycles. The molecule has 0 aromatic carbocycles. The van der Waals surface area contributed by atoms with E-state index in [4.69, 9.17) is 18.5 Å². The average Bonchev–Trinajstić information content (AvgIpc) is 3.31. The van der Waals surface area contributed by atoms with E-state index in [0.717, 1.165) is 83.5 Å². The number of hydrogen-bond donors (Lipinski definition) is 6. The number of carbonyl (C=O) groups excluding carboxylic acids is 2. The molecule has 376 valence electrons. The summed E-state index contributed by atoms with van der Waals surface area (Å²) >= 11 is 0. The maximum Gasteiger partial charge on any atom is 0.472 e. The molecule has 0 saturated heterocycles. The maximum atomic E-state index is 12.8. The van der Waals surface area contributed by atoms with Crippen LogP contribution in [0.4, 0.5) is 0 Å². The van der Waals surface area contributed by atoms with Crippen molar-refractivity contribution in [2.24, 2.45) is 0 Å². The van der Waals surface area contributed by atoms with Crippen LogP contribution in [0, 0.1) is 0 Å². The van der Waals surface area contributed by atoms with E-state index in [0.29, 0.717) is 19.3 Å². The molecule has 0 amide bonds. The van der Waals surface area contributed by atoms with Gasteiger partial charge in [-0.2, -0.15) is 0 Å². The first kappa shape index (κ1) is 61.0. The van der Waals surface area contributed by atoms with Crippen molar-refractivity contribution in [3.63, 3.8) is 0 Å². The molecule has 1 saturated carbocycles. The lowest BCUT2D eigenvalue weighted by Gasteiger charge is -2.41. The van der Waals surface area contributed by atoms with E-state index in [2.05, 4.69) is 129 Å². The van der Waals surface area contributed by atoms with Crippen molar-refractivity contribution >= 4 is 19.8 Å². The van der Waals surface area contributed by atoms with E-state index in [1.165, 1.54) is 0 Å². The maximum absolute atomic E-state index is 12.8. The molecule has 1 fully saturated rings. The smallest absolute Gasteiger partial charge is 0.462 e. The molecule has 14 heteroatoms. The zero-order chi connectivity index (χ0) is 49.2. The van der Waals surface area contributed by atoms with E-state index in [-0.39, 0.29) is 12.8 Å². The standard InChI is InChI=1S/C53H81O13P/c1-3-5-7-9-11-13-15-17-19-21-23-25-27-29-31-33-35-37-39-41-46(54)63-43-45(44-64-67(61,62)66-53-51(59)49(57)48(56)50(58)52(53)60)65-47(55)42-40-38-36-34-32-30-28-26-24-22-20-18-16-14-12-10-8-6-4-2/h5-8,11-14,17-20,23-26,29-32,36,38,45,48-53,56-60H,3-4,9-10,15-16,21-22,27-28,33-35,37,39-44H2,1-2H3,(H,61,62)/b7-5+,8-6+,13-11+,14-12+,19-17+,20-18+,25-23+,26-24+,31-29+,32-30+,38-36+/t45-,48?,49-,50?,51?,52?,53?/m0/s1. The monoisotopic (exact) mass is 957 g/mol. The third-order valence-electron chi connectivity index (χ3n) is 10.0. The molecule has 8 atom stereocenters. The van der Waals surface area contributed by atoms with Crippen LogP contribution in [0.1, 0.15) is 129 Å². The molecule has 1 aliphatic carbocycles. The summed E-state index contributed by atoms with van der Waals surface area (Å²) in [6.45, 7) is 2.96. The van der Waals surface area contributed by atoms with Gasteiger partial charge in [-0.15, -0.1) is 0 Å². The van der Waals surface area contributed by atoms with Crippen LogP contribution in [0.25, 0.3) is 0 Å². The Hall–Kier alpha value is -4.01. The Morgan fingerprint density at radius 1 is 0.463 bits per heavy atom. The Bertz CT molecular complexity index is 1670. The number of ether oxygens (including phenoxy) is 2. The van der Waals surface area contributed by atoms with Crippen LogP contribution in [0.5, 0.6) is 0 Å². The van der Waals surface area contributed by atoms with Gasteiger partial charge in [-0.05, 0) is 96.3 Å². The number of hydrogen-bond acceptors (Lipinski definition) is 12. The molecule has 1 rings (SSSR count). The van der Waals surface area contributed by atoms with E-state index in [9.17, 15) is 44.6 Å². The van der Waals surface area contributed by atoms with Gasteiger partial charge in [-0.1, -0.05) is 154 Å². The molecule has 13 nitrogen and oxygen atoms in total. The van der Waals surface area contributed by atoms with E-state index in [1.54, 1.807) is 0 Å². The summed E-state index contributed by atoms with van der Waals surface area (Å²) in [4.78, 5) is 35.7. The average molecular weight is 957 g/mol. The largest absolute Gasteiger partial charge is 0.472 e. The number of unbranched alkanes of at least 4 members (excludes halogenated alkanes) is 3. The Balaban J connectivity index is 2.54. The van der Waals surface area contributed by atoms with Crippen LogP contribution < -0.4 is 0 Å². The molecule has 1 aliphatic rings. The van der Waals surface area contributed by atoms with Crippen LogP contribution in [0.2, 0.25) is 0 Å². The highest BCUT2D eigenvalue weighted by Gasteiger charge is 2.51. The third-order valence-corrected chi connectivity index (χ3v) is 11.0. The summed E-state index contributed by atoms with van der Waals surface area (Å²) in [6, 6.07) is 0. The number of phosphoric acid groups is 1. The van der Waals surface area contributed by atoms with Gasteiger partial charge in [0.05, 0.1) is 6.61 Å². The second-order valence-electron chi connectivity index (χ2n) is 15.8. The van der Waals surface area contributed by atoms with Gasteiger partial charge in [-0.3, -0.25) is 18.6 Å². The lowest BCUT2D eigenvalue weighted by Crippen LogP contribution is -2.64. The minimum atomic E-state index is -5.16. The Morgan fingerprint density at radius 3 is 1.25 bits per heavy atom. The number of aliphatic hydroxyl groups is 5. The summed E-state index contributed by atoms with van der Waals surface area (Å²) in [5.41, 5.74) is 0. The van der Waals surface area contributed by atoms with Crippen LogP contribution in [0.15, 0.2) is 134 Å². The predicted molar refractivity (Wildman–Crippen MR) is 267 cm³/mol. The predicted octanol–water partition coefficient (Wildman–Crippen LogP) is 9.94. The summed E-state index contributed by atoms with van der Waals surface area (Å²) in [7, 11) is -5.16. The van der Waals surface area contributed by atoms with Gasteiger partial charge in [0.25, 0.3) is 0 Å². The van der Waals surface area contributed by atoms with Crippen LogP contribution in [0.3, 0.4) is 0 Å².